The van der Waals surface area contributed by atoms with E-state index in [2.05, 4.69) is 22.8 Å². The molecule has 0 bridgehead atoms. The van der Waals surface area contributed by atoms with Crippen LogP contribution < -0.4 is 25.0 Å². The van der Waals surface area contributed by atoms with Gasteiger partial charge in [0.25, 0.3) is 0 Å². The highest BCUT2D eigenvalue weighted by molar-refractivity contribution is 7.80. The zero-order chi connectivity index (χ0) is 20.8. The van der Waals surface area contributed by atoms with Gasteiger partial charge in [-0.3, -0.25) is 0 Å². The fraction of sp³-hybridized carbons (Fsp3) is 0.409. The second-order valence-corrected chi connectivity index (χ2v) is 7.57. The van der Waals surface area contributed by atoms with Crippen molar-refractivity contribution in [2.45, 2.75) is 25.9 Å². The van der Waals surface area contributed by atoms with Gasteiger partial charge in [0.15, 0.2) is 16.6 Å². The highest BCUT2D eigenvalue weighted by Crippen LogP contribution is 2.34. The van der Waals surface area contributed by atoms with Gasteiger partial charge in [-0.2, -0.15) is 0 Å². The summed E-state index contributed by atoms with van der Waals surface area (Å²) in [6.07, 6.45) is 0.925. The number of thiocarbonyl (C=S) groups is 1. The maximum atomic E-state index is 13.7. The maximum Gasteiger partial charge on any atom is 0.166 e. The summed E-state index contributed by atoms with van der Waals surface area (Å²) in [5.74, 6) is 1.26. The molecule has 2 aromatic rings. The normalized spacial score (nSPS) is 17.9. The lowest BCUT2D eigenvalue weighted by molar-refractivity contribution is -0.945. The lowest BCUT2D eigenvalue weighted by atomic mass is 9.91. The highest BCUT2D eigenvalue weighted by atomic mass is 32.1. The summed E-state index contributed by atoms with van der Waals surface area (Å²) in [5.41, 5.74) is 3.46. The van der Waals surface area contributed by atoms with Gasteiger partial charge in [0, 0.05) is 24.1 Å². The van der Waals surface area contributed by atoms with E-state index in [9.17, 15) is 4.39 Å². The molecule has 0 radical (unpaired) electrons. The molecule has 1 heterocycles. The molecule has 0 saturated heterocycles. The van der Waals surface area contributed by atoms with Crippen LogP contribution in [0.2, 0.25) is 0 Å². The lowest BCUT2D eigenvalue weighted by Crippen LogP contribution is -3.12. The Morgan fingerprint density at radius 1 is 1.17 bits per heavy atom. The van der Waals surface area contributed by atoms with Crippen LogP contribution in [0.3, 0.4) is 0 Å². The first-order valence-corrected chi connectivity index (χ1v) is 10.3. The number of ether oxygens (including phenoxy) is 2. The molecule has 2 atom stereocenters. The number of methoxy groups -OCH3 is 2. The molecule has 3 rings (SSSR count). The molecule has 1 aliphatic heterocycles. The number of nitrogens with one attached hydrogen (secondary N) is 3. The average molecular weight is 419 g/mol. The van der Waals surface area contributed by atoms with Crippen molar-refractivity contribution in [1.82, 2.24) is 10.6 Å². The molecule has 0 amide bonds. The molecule has 29 heavy (non-hydrogen) atoms. The molecule has 0 aromatic heterocycles. The summed E-state index contributed by atoms with van der Waals surface area (Å²) >= 11 is 5.37. The number of benzene rings is 2. The topological polar surface area (TPSA) is 47.0 Å². The summed E-state index contributed by atoms with van der Waals surface area (Å²) < 4.78 is 24.7. The Morgan fingerprint density at radius 2 is 1.93 bits per heavy atom. The summed E-state index contributed by atoms with van der Waals surface area (Å²) in [6.45, 7) is 5.16. The first-order valence-electron chi connectivity index (χ1n) is 9.91. The molecule has 7 heteroatoms. The molecule has 0 fully saturated rings. The maximum absolute atomic E-state index is 13.7. The van der Waals surface area contributed by atoms with Gasteiger partial charge in [-0.25, -0.2) is 4.39 Å². The second-order valence-electron chi connectivity index (χ2n) is 7.16. The Bertz CT molecular complexity index is 862. The van der Waals surface area contributed by atoms with Crippen LogP contribution in [0.1, 0.15) is 29.7 Å². The van der Waals surface area contributed by atoms with Gasteiger partial charge >= 0.3 is 0 Å². The third-order valence-electron chi connectivity index (χ3n) is 5.35. The van der Waals surface area contributed by atoms with Crippen molar-refractivity contribution in [2.24, 2.45) is 0 Å². The quantitative estimate of drug-likeness (QED) is 0.601. The number of quaternary nitrogens is 1. The van der Waals surface area contributed by atoms with Crippen molar-refractivity contribution in [3.05, 3.63) is 58.9 Å². The number of rotatable bonds is 7. The van der Waals surface area contributed by atoms with E-state index in [0.29, 0.717) is 11.7 Å². The van der Waals surface area contributed by atoms with Crippen LogP contribution in [0.4, 0.5) is 4.39 Å². The SMILES string of the molecule is CCNC(=S)NC[C@@H]1c2cc(OC)c(OC)cc2CC[NH+]1Cc1cccc(F)c1. The van der Waals surface area contributed by atoms with E-state index in [1.54, 1.807) is 26.4 Å². The van der Waals surface area contributed by atoms with Crippen molar-refractivity contribution >= 4 is 17.3 Å². The summed E-state index contributed by atoms with van der Waals surface area (Å²) in [5, 5.41) is 7.12. The van der Waals surface area contributed by atoms with Crippen LogP contribution >= 0.6 is 12.2 Å². The third-order valence-corrected chi connectivity index (χ3v) is 5.64. The predicted octanol–water partition coefficient (Wildman–Crippen LogP) is 2.01. The standard InChI is InChI=1S/C22H28FN3O2S/c1-4-24-22(29)25-13-19-18-12-21(28-3)20(27-2)11-16(18)8-9-26(19)14-15-6-5-7-17(23)10-15/h5-7,10-12,19H,4,8-9,13-14H2,1-3H3,(H2,24,25,29)/p+1/t19-/m1/s1. The van der Waals surface area contributed by atoms with E-state index in [-0.39, 0.29) is 11.9 Å². The van der Waals surface area contributed by atoms with Crippen LogP contribution in [-0.2, 0) is 13.0 Å². The van der Waals surface area contributed by atoms with Crippen LogP contribution in [0.15, 0.2) is 36.4 Å². The van der Waals surface area contributed by atoms with Crippen LogP contribution in [-0.4, -0.2) is 39.0 Å². The van der Waals surface area contributed by atoms with Gasteiger partial charge in [-0.15, -0.1) is 0 Å². The average Bonchev–Trinajstić information content (AvgIpc) is 2.72. The molecule has 1 unspecified atom stereocenters. The third kappa shape index (κ3) is 5.16. The summed E-state index contributed by atoms with van der Waals surface area (Å²) in [6, 6.07) is 11.1. The highest BCUT2D eigenvalue weighted by Gasteiger charge is 2.32. The summed E-state index contributed by atoms with van der Waals surface area (Å²) in [4.78, 5) is 1.36. The predicted molar refractivity (Wildman–Crippen MR) is 116 cm³/mol. The van der Waals surface area contributed by atoms with Crippen molar-refractivity contribution in [1.29, 1.82) is 0 Å². The van der Waals surface area contributed by atoms with E-state index in [1.165, 1.54) is 22.1 Å². The Morgan fingerprint density at radius 3 is 2.62 bits per heavy atom. The Hall–Kier alpha value is -2.38. The molecular formula is C22H29FN3O2S+. The van der Waals surface area contributed by atoms with Gasteiger partial charge in [0.2, 0.25) is 0 Å². The van der Waals surface area contributed by atoms with E-state index in [0.717, 1.165) is 43.1 Å². The molecule has 2 aromatic carbocycles. The van der Waals surface area contributed by atoms with Crippen LogP contribution in [0.5, 0.6) is 11.5 Å². The van der Waals surface area contributed by atoms with E-state index < -0.39 is 0 Å². The minimum absolute atomic E-state index is 0.151. The van der Waals surface area contributed by atoms with E-state index >= 15 is 0 Å². The van der Waals surface area contributed by atoms with Gasteiger partial charge in [-0.05, 0) is 49.0 Å². The first kappa shape index (κ1) is 21.3. The van der Waals surface area contributed by atoms with Crippen molar-refractivity contribution in [3.63, 3.8) is 0 Å². The molecule has 156 valence electrons. The number of hydrogen-bond acceptors (Lipinski definition) is 3. The van der Waals surface area contributed by atoms with Gasteiger partial charge in [0.1, 0.15) is 18.4 Å². The molecule has 1 aliphatic rings. The van der Waals surface area contributed by atoms with Crippen LogP contribution in [0.25, 0.3) is 0 Å². The minimum Gasteiger partial charge on any atom is -0.493 e. The van der Waals surface area contributed by atoms with Crippen molar-refractivity contribution in [2.75, 3.05) is 33.9 Å². The Kier molecular flexibility index (Phi) is 7.28. The Balaban J connectivity index is 1.91. The molecule has 0 saturated carbocycles. The van der Waals surface area contributed by atoms with Crippen LogP contribution in [0, 0.1) is 5.82 Å². The summed E-state index contributed by atoms with van der Waals surface area (Å²) in [7, 11) is 3.31. The van der Waals surface area contributed by atoms with Gasteiger partial charge in [0.05, 0.1) is 27.3 Å². The van der Waals surface area contributed by atoms with Crippen molar-refractivity contribution < 1.29 is 18.8 Å². The second kappa shape index (κ2) is 9.89. The number of fused-ring (bicyclic) bond motifs is 1. The molecule has 3 N–H and O–H groups in total. The van der Waals surface area contributed by atoms with E-state index in [1.807, 2.05) is 13.0 Å². The van der Waals surface area contributed by atoms with Gasteiger partial charge in [-0.1, -0.05) is 12.1 Å². The first-order chi connectivity index (χ1) is 14.0. The van der Waals surface area contributed by atoms with Crippen molar-refractivity contribution in [3.8, 4) is 11.5 Å². The molecule has 5 nitrogen and oxygen atoms in total. The number of halogens is 1. The minimum atomic E-state index is -0.200. The molecular weight excluding hydrogens is 389 g/mol. The molecule has 0 spiro atoms. The largest absolute Gasteiger partial charge is 0.493 e. The lowest BCUT2D eigenvalue weighted by Gasteiger charge is -2.35. The smallest absolute Gasteiger partial charge is 0.166 e. The fourth-order valence-corrected chi connectivity index (χ4v) is 4.19. The zero-order valence-corrected chi connectivity index (χ0v) is 18.0. The fourth-order valence-electron chi connectivity index (χ4n) is 3.96. The molecule has 0 aliphatic carbocycles. The van der Waals surface area contributed by atoms with E-state index in [4.69, 9.17) is 21.7 Å². The monoisotopic (exact) mass is 418 g/mol. The Labute approximate surface area is 177 Å². The van der Waals surface area contributed by atoms with Gasteiger partial charge < -0.3 is 25.0 Å². The number of hydrogen-bond donors (Lipinski definition) is 3. The zero-order valence-electron chi connectivity index (χ0n) is 17.2.